The number of carboxylic acid groups (broad SMARTS) is 1. The molecule has 1 aliphatic carbocycles. The number of carbonyl (C=O) groups is 5. The van der Waals surface area contributed by atoms with Crippen molar-refractivity contribution in [3.05, 3.63) is 61.7 Å². The average Bonchev–Trinajstić information content (AvgIpc) is 3.64. The fraction of sp³-hybridized carbons (Fsp3) is 0.568. The van der Waals surface area contributed by atoms with Gasteiger partial charge < -0.3 is 70.7 Å². The monoisotopic (exact) mass is 926 g/mol. The van der Waals surface area contributed by atoms with Gasteiger partial charge in [0.2, 0.25) is 17.7 Å². The van der Waals surface area contributed by atoms with E-state index in [-0.39, 0.29) is 43.2 Å². The number of nitrogens with two attached hydrogens (primary N) is 1. The minimum absolute atomic E-state index is 0.0417. The Morgan fingerprint density at radius 3 is 2.45 bits per heavy atom. The summed E-state index contributed by atoms with van der Waals surface area (Å²) in [6, 6.07) is -0.344. The largest absolute Gasteiger partial charge is 0.479 e. The van der Waals surface area contributed by atoms with Crippen molar-refractivity contribution in [2.24, 2.45) is 17.1 Å². The van der Waals surface area contributed by atoms with Gasteiger partial charge in [0.05, 0.1) is 59.7 Å². The Hall–Kier alpha value is -5.46. The van der Waals surface area contributed by atoms with E-state index in [1.165, 1.54) is 10.6 Å². The SMILES string of the molecule is CC[C@@]1(O)C(=O)OCc2c1cc1n(c2=O)Cc2c-1nc1cc(F)c(C)c3c1c2[C@@H](NC(=O)C(C)(C)COCNC(=O)[C@H](CO[C@@H]1O[C@H](C(=O)O)[C@@H](O)[C@H](O)[C@H]1O)NC(=O)[C@@H](N)C(C)C)CC3. The summed E-state index contributed by atoms with van der Waals surface area (Å²) in [6.07, 6.45) is -9.01. The van der Waals surface area contributed by atoms with Crippen molar-refractivity contribution in [3.8, 4) is 11.4 Å². The number of esters is 1. The maximum atomic E-state index is 15.4. The van der Waals surface area contributed by atoms with Gasteiger partial charge in [-0.3, -0.25) is 19.2 Å². The molecule has 0 saturated carbocycles. The minimum atomic E-state index is -2.06. The first-order valence-electron chi connectivity index (χ1n) is 21.6. The lowest BCUT2D eigenvalue weighted by Gasteiger charge is -2.38. The van der Waals surface area contributed by atoms with Crippen LogP contribution in [0, 0.1) is 24.1 Å². The first-order chi connectivity index (χ1) is 31.0. The number of aliphatic hydroxyl groups excluding tert-OH is 3. The molecule has 1 saturated heterocycles. The normalized spacial score (nSPS) is 25.3. The third-order valence-corrected chi connectivity index (χ3v) is 13.0. The topological polar surface area (TPSA) is 320 Å². The van der Waals surface area contributed by atoms with Gasteiger partial charge in [-0.2, -0.15) is 0 Å². The molecule has 0 bridgehead atoms. The van der Waals surface area contributed by atoms with E-state index in [4.69, 9.17) is 29.7 Å². The molecular formula is C44H55FN6O15. The number of cyclic esters (lactones) is 1. The van der Waals surface area contributed by atoms with E-state index >= 15 is 4.39 Å². The number of ether oxygens (including phenoxy) is 4. The van der Waals surface area contributed by atoms with E-state index in [1.807, 2.05) is 0 Å². The zero-order valence-electron chi connectivity index (χ0n) is 37.2. The highest BCUT2D eigenvalue weighted by atomic mass is 19.1. The molecule has 2 aromatic heterocycles. The van der Waals surface area contributed by atoms with E-state index in [9.17, 15) is 54.3 Å². The molecule has 0 spiro atoms. The van der Waals surface area contributed by atoms with E-state index in [0.717, 1.165) is 5.56 Å². The number of amides is 3. The second-order valence-corrected chi connectivity index (χ2v) is 18.2. The Bertz CT molecular complexity index is 2550. The molecule has 66 heavy (non-hydrogen) atoms. The van der Waals surface area contributed by atoms with Gasteiger partial charge in [0.25, 0.3) is 5.56 Å². The van der Waals surface area contributed by atoms with Crippen molar-refractivity contribution in [1.82, 2.24) is 25.5 Å². The summed E-state index contributed by atoms with van der Waals surface area (Å²) in [5.41, 5.74) is 5.84. The van der Waals surface area contributed by atoms with Crippen molar-refractivity contribution in [3.63, 3.8) is 0 Å². The molecule has 4 aliphatic rings. The van der Waals surface area contributed by atoms with Gasteiger partial charge in [-0.15, -0.1) is 0 Å². The van der Waals surface area contributed by atoms with Gasteiger partial charge in [0.15, 0.2) is 18.0 Å². The maximum absolute atomic E-state index is 15.4. The molecule has 0 radical (unpaired) electrons. The van der Waals surface area contributed by atoms with Gasteiger partial charge in [-0.05, 0) is 68.7 Å². The minimum Gasteiger partial charge on any atom is -0.479 e. The molecule has 1 fully saturated rings. The zero-order valence-corrected chi connectivity index (χ0v) is 37.2. The number of pyridine rings is 2. The Morgan fingerprint density at radius 1 is 1.08 bits per heavy atom. The van der Waals surface area contributed by atoms with Crippen LogP contribution in [0.1, 0.15) is 86.9 Å². The number of carbonyl (C=O) groups excluding carboxylic acids is 4. The number of nitrogens with zero attached hydrogens (tertiary/aromatic N) is 2. The number of fused-ring (bicyclic) bond motifs is 5. The second-order valence-electron chi connectivity index (χ2n) is 18.2. The van der Waals surface area contributed by atoms with Crippen LogP contribution < -0.4 is 27.2 Å². The smallest absolute Gasteiger partial charge is 0.343 e. The summed E-state index contributed by atoms with van der Waals surface area (Å²) in [6.45, 7) is 8.12. The second kappa shape index (κ2) is 18.3. The summed E-state index contributed by atoms with van der Waals surface area (Å²) in [7, 11) is 0. The van der Waals surface area contributed by atoms with E-state index in [1.54, 1.807) is 47.6 Å². The van der Waals surface area contributed by atoms with Crippen molar-refractivity contribution < 1.29 is 72.8 Å². The molecule has 3 amide bonds. The summed E-state index contributed by atoms with van der Waals surface area (Å²) in [5.74, 6) is -5.41. The van der Waals surface area contributed by atoms with Gasteiger partial charge in [0.1, 0.15) is 43.5 Å². The van der Waals surface area contributed by atoms with Gasteiger partial charge >= 0.3 is 11.9 Å². The number of aromatic nitrogens is 2. The number of hydrogen-bond donors (Lipinski definition) is 9. The molecule has 3 aliphatic heterocycles. The van der Waals surface area contributed by atoms with Crippen LogP contribution in [-0.4, -0.2) is 127 Å². The molecule has 7 rings (SSSR count). The van der Waals surface area contributed by atoms with Crippen LogP contribution in [0.25, 0.3) is 22.3 Å². The number of aliphatic carboxylic acids is 1. The van der Waals surface area contributed by atoms with Gasteiger partial charge in [-0.1, -0.05) is 20.8 Å². The van der Waals surface area contributed by atoms with E-state index in [2.05, 4.69) is 16.0 Å². The molecule has 22 heteroatoms. The Kier molecular flexibility index (Phi) is 13.5. The fourth-order valence-electron chi connectivity index (χ4n) is 8.80. The molecule has 10 N–H and O–H groups in total. The predicted molar refractivity (Wildman–Crippen MR) is 226 cm³/mol. The number of aliphatic hydroxyl groups is 4. The van der Waals surface area contributed by atoms with Crippen LogP contribution >= 0.6 is 0 Å². The number of aryl methyl sites for hydroxylation is 1. The molecule has 0 unspecified atom stereocenters. The summed E-state index contributed by atoms with van der Waals surface area (Å²) in [5, 5.41) is 60.0. The molecule has 21 nitrogen and oxygen atoms in total. The summed E-state index contributed by atoms with van der Waals surface area (Å²) < 4.78 is 38.4. The highest BCUT2D eigenvalue weighted by molar-refractivity contribution is 5.94. The highest BCUT2D eigenvalue weighted by Gasteiger charge is 2.49. The number of halogens is 1. The summed E-state index contributed by atoms with van der Waals surface area (Å²) >= 11 is 0. The standard InChI is InChI=1S/C44H55FN6O15/c1-7-44(62)22-10-27-31-20(12-51(27)38(57)21(22)13-65-42(44)61)29-24(9-8-19-18(4)23(45)11-25(48-31)28(19)29)50-41(60)43(5,6)15-63-16-47-36(55)26(49-37(56)30(46)17(2)3)14-64-40-34(54)32(52)33(53)35(66-40)39(58)59/h10-11,17,24,26,30,32-35,40,52-54,62H,7-9,12-16,46H2,1-6H3,(H,47,55)(H,49,56)(H,50,60)(H,58,59)/t24-,26-,30-,32-,33-,34+,35-,40+,44-/m0/s1. The molecule has 9 atom stereocenters. The van der Waals surface area contributed by atoms with E-state index in [0.29, 0.717) is 51.8 Å². The number of benzene rings is 1. The van der Waals surface area contributed by atoms with Crippen molar-refractivity contribution in [1.29, 1.82) is 0 Å². The van der Waals surface area contributed by atoms with Crippen molar-refractivity contribution in [2.45, 2.75) is 128 Å². The van der Waals surface area contributed by atoms with Crippen molar-refractivity contribution in [2.75, 3.05) is 19.9 Å². The quantitative estimate of drug-likeness (QED) is 0.0397. The van der Waals surface area contributed by atoms with Crippen LogP contribution in [0.15, 0.2) is 16.9 Å². The first-order valence-corrected chi connectivity index (χ1v) is 21.6. The van der Waals surface area contributed by atoms with Crippen LogP contribution in [0.3, 0.4) is 0 Å². The van der Waals surface area contributed by atoms with Crippen LogP contribution in [-0.2, 0) is 68.1 Å². The predicted octanol–water partition coefficient (Wildman–Crippen LogP) is -0.876. The number of rotatable bonds is 15. The number of nitrogens with one attached hydrogen (secondary N) is 3. The molecule has 1 aromatic carbocycles. The molecule has 3 aromatic rings. The van der Waals surface area contributed by atoms with Gasteiger partial charge in [-0.25, -0.2) is 19.0 Å². The van der Waals surface area contributed by atoms with Crippen LogP contribution in [0.5, 0.6) is 0 Å². The molecule has 5 heterocycles. The third-order valence-electron chi connectivity index (χ3n) is 13.0. The lowest BCUT2D eigenvalue weighted by atomic mass is 9.81. The maximum Gasteiger partial charge on any atom is 0.343 e. The highest BCUT2D eigenvalue weighted by Crippen LogP contribution is 2.46. The third kappa shape index (κ3) is 8.55. The molecule has 358 valence electrons. The fourth-order valence-corrected chi connectivity index (χ4v) is 8.80. The van der Waals surface area contributed by atoms with Crippen molar-refractivity contribution >= 4 is 40.6 Å². The first kappa shape index (κ1) is 48.5. The van der Waals surface area contributed by atoms with E-state index < -0.39 is 114 Å². The lowest BCUT2D eigenvalue weighted by Crippen LogP contribution is -2.61. The molecular weight excluding hydrogens is 872 g/mol. The number of hydrogen-bond acceptors (Lipinski definition) is 16. The Balaban J connectivity index is 1.07. The lowest BCUT2D eigenvalue weighted by molar-refractivity contribution is -0.294. The number of carboxylic acids is 1. The summed E-state index contributed by atoms with van der Waals surface area (Å²) in [4.78, 5) is 83.7. The zero-order chi connectivity index (χ0) is 48.3. The Labute approximate surface area is 376 Å². The average molecular weight is 927 g/mol. The van der Waals surface area contributed by atoms with Gasteiger partial charge in [0, 0.05) is 22.6 Å². The van der Waals surface area contributed by atoms with Crippen LogP contribution in [0.4, 0.5) is 4.39 Å². The van der Waals surface area contributed by atoms with Crippen LogP contribution in [0.2, 0.25) is 0 Å². The Morgan fingerprint density at radius 2 is 1.79 bits per heavy atom.